The number of nitrogens with one attached hydrogen (secondary N) is 2. The first-order valence-corrected chi connectivity index (χ1v) is 9.83. The Kier molecular flexibility index (Phi) is 5.89. The van der Waals surface area contributed by atoms with Gasteiger partial charge in [0.1, 0.15) is 31.3 Å². The van der Waals surface area contributed by atoms with Gasteiger partial charge in [0.2, 0.25) is 0 Å². The van der Waals surface area contributed by atoms with Gasteiger partial charge in [-0.05, 0) is 60.7 Å². The van der Waals surface area contributed by atoms with Crippen LogP contribution in [-0.4, -0.2) is 29.3 Å². The lowest BCUT2D eigenvalue weighted by molar-refractivity contribution is 0.0976. The minimum Gasteiger partial charge on any atom is -0.486 e. The molecule has 0 saturated heterocycles. The van der Waals surface area contributed by atoms with Crippen molar-refractivity contribution in [1.82, 2.24) is 5.32 Å². The number of anilines is 1. The number of aliphatic hydroxyl groups is 1. The summed E-state index contributed by atoms with van der Waals surface area (Å²) in [5, 5.41) is 15.4. The van der Waals surface area contributed by atoms with Crippen LogP contribution in [0.25, 0.3) is 11.3 Å². The highest BCUT2D eigenvalue weighted by Gasteiger charge is 2.16. The molecule has 154 valence electrons. The van der Waals surface area contributed by atoms with Crippen LogP contribution in [0.15, 0.2) is 52.9 Å². The van der Waals surface area contributed by atoms with Crippen LogP contribution >= 0.6 is 23.8 Å². The number of halogens is 1. The second kappa shape index (κ2) is 8.74. The van der Waals surface area contributed by atoms with E-state index in [0.29, 0.717) is 58.1 Å². The molecule has 0 saturated carbocycles. The first-order valence-electron chi connectivity index (χ1n) is 9.05. The number of rotatable bonds is 4. The molecule has 0 spiro atoms. The number of amides is 1. The van der Waals surface area contributed by atoms with Crippen LogP contribution in [0.1, 0.15) is 16.1 Å². The summed E-state index contributed by atoms with van der Waals surface area (Å²) in [4.78, 5) is 12.5. The van der Waals surface area contributed by atoms with Gasteiger partial charge in [-0.25, -0.2) is 0 Å². The third kappa shape index (κ3) is 4.40. The van der Waals surface area contributed by atoms with Crippen molar-refractivity contribution in [3.63, 3.8) is 0 Å². The molecule has 1 amide bonds. The zero-order chi connectivity index (χ0) is 21.1. The highest BCUT2D eigenvalue weighted by molar-refractivity contribution is 7.80. The van der Waals surface area contributed by atoms with E-state index in [9.17, 15) is 9.90 Å². The van der Waals surface area contributed by atoms with Crippen LogP contribution in [0, 0.1) is 0 Å². The highest BCUT2D eigenvalue weighted by Crippen LogP contribution is 2.32. The van der Waals surface area contributed by atoms with Gasteiger partial charge in [-0.2, -0.15) is 0 Å². The Balaban J connectivity index is 1.45. The zero-order valence-corrected chi connectivity index (χ0v) is 17.2. The molecule has 30 heavy (non-hydrogen) atoms. The number of aliphatic hydroxyl groups excluding tert-OH is 1. The molecule has 7 nitrogen and oxygen atoms in total. The smallest absolute Gasteiger partial charge is 0.257 e. The summed E-state index contributed by atoms with van der Waals surface area (Å²) in [5.74, 6) is 1.70. The van der Waals surface area contributed by atoms with Crippen molar-refractivity contribution < 1.29 is 23.8 Å². The number of hydrogen-bond acceptors (Lipinski definition) is 6. The summed E-state index contributed by atoms with van der Waals surface area (Å²) < 4.78 is 16.5. The van der Waals surface area contributed by atoms with E-state index in [-0.39, 0.29) is 17.6 Å². The Bertz CT molecular complexity index is 1110. The van der Waals surface area contributed by atoms with Crippen LogP contribution in [0.5, 0.6) is 11.5 Å². The van der Waals surface area contributed by atoms with Gasteiger partial charge in [0, 0.05) is 16.8 Å². The molecule has 1 aromatic heterocycles. The summed E-state index contributed by atoms with van der Waals surface area (Å²) in [5.41, 5.74) is 1.64. The average Bonchev–Trinajstić information content (AvgIpc) is 3.23. The van der Waals surface area contributed by atoms with Crippen molar-refractivity contribution in [3.05, 3.63) is 64.9 Å². The number of thiocarbonyl (C=S) groups is 1. The van der Waals surface area contributed by atoms with Gasteiger partial charge < -0.3 is 24.3 Å². The fourth-order valence-electron chi connectivity index (χ4n) is 2.92. The largest absolute Gasteiger partial charge is 0.486 e. The molecular formula is C21H17ClN2O5S. The first-order chi connectivity index (χ1) is 14.5. The van der Waals surface area contributed by atoms with Crippen LogP contribution in [0.2, 0.25) is 5.02 Å². The van der Waals surface area contributed by atoms with Gasteiger partial charge in [-0.15, -0.1) is 0 Å². The van der Waals surface area contributed by atoms with Crippen molar-refractivity contribution in [2.24, 2.45) is 0 Å². The predicted octanol–water partition coefficient (Wildman–Crippen LogP) is 3.99. The number of carbonyl (C=O) groups excluding carboxylic acids is 1. The number of fused-ring (bicyclic) bond motifs is 1. The number of ether oxygens (including phenoxy) is 2. The SMILES string of the molecule is O=C(NC(=S)Nc1ccc(Cl)c(-c2ccc(CO)o2)c1)c1ccc2c(c1)OCCO2. The molecule has 1 aliphatic rings. The summed E-state index contributed by atoms with van der Waals surface area (Å²) in [6.07, 6.45) is 0. The summed E-state index contributed by atoms with van der Waals surface area (Å²) in [7, 11) is 0. The highest BCUT2D eigenvalue weighted by atomic mass is 35.5. The molecule has 3 N–H and O–H groups in total. The third-order valence-corrected chi connectivity index (χ3v) is 4.87. The Hall–Kier alpha value is -3.07. The molecule has 0 unspecified atom stereocenters. The molecule has 1 aliphatic heterocycles. The van der Waals surface area contributed by atoms with E-state index in [1.54, 1.807) is 48.5 Å². The molecule has 0 atom stereocenters. The van der Waals surface area contributed by atoms with Crippen LogP contribution in [0.4, 0.5) is 5.69 Å². The van der Waals surface area contributed by atoms with Crippen LogP contribution in [0.3, 0.4) is 0 Å². The molecule has 2 aromatic carbocycles. The Morgan fingerprint density at radius 3 is 2.63 bits per heavy atom. The van der Waals surface area contributed by atoms with E-state index in [1.165, 1.54) is 0 Å². The number of furan rings is 1. The first kappa shape index (κ1) is 20.2. The lowest BCUT2D eigenvalue weighted by Gasteiger charge is -2.18. The van der Waals surface area contributed by atoms with Gasteiger partial charge in [0.05, 0.1) is 5.02 Å². The molecule has 9 heteroatoms. The van der Waals surface area contributed by atoms with Crippen LogP contribution in [-0.2, 0) is 6.61 Å². The van der Waals surface area contributed by atoms with Crippen molar-refractivity contribution in [2.45, 2.75) is 6.61 Å². The average molecular weight is 445 g/mol. The molecule has 4 rings (SSSR count). The maximum atomic E-state index is 12.5. The fourth-order valence-corrected chi connectivity index (χ4v) is 3.34. The van der Waals surface area contributed by atoms with E-state index >= 15 is 0 Å². The Morgan fingerprint density at radius 1 is 1.07 bits per heavy atom. The van der Waals surface area contributed by atoms with Gasteiger partial charge in [0.15, 0.2) is 16.6 Å². The number of carbonyl (C=O) groups is 1. The van der Waals surface area contributed by atoms with Gasteiger partial charge in [-0.1, -0.05) is 11.6 Å². The number of benzene rings is 2. The van der Waals surface area contributed by atoms with E-state index in [4.69, 9.17) is 37.7 Å². The van der Waals surface area contributed by atoms with Gasteiger partial charge in [-0.3, -0.25) is 10.1 Å². The summed E-state index contributed by atoms with van der Waals surface area (Å²) in [6.45, 7) is 0.715. The van der Waals surface area contributed by atoms with E-state index in [0.717, 1.165) is 0 Å². The standard InChI is InChI=1S/C21H17ClN2O5S/c22-16-4-2-13(10-15(16)17-6-3-14(11-25)29-17)23-21(30)24-20(26)12-1-5-18-19(9-12)28-8-7-27-18/h1-6,9-10,25H,7-8,11H2,(H2,23,24,26,30). The van der Waals surface area contributed by atoms with Crippen molar-refractivity contribution in [3.8, 4) is 22.8 Å². The lowest BCUT2D eigenvalue weighted by Crippen LogP contribution is -2.34. The summed E-state index contributed by atoms with van der Waals surface area (Å²) in [6, 6.07) is 13.5. The molecule has 0 fully saturated rings. The van der Waals surface area contributed by atoms with Crippen molar-refractivity contribution >= 4 is 40.5 Å². The van der Waals surface area contributed by atoms with Gasteiger partial charge >= 0.3 is 0 Å². The predicted molar refractivity (Wildman–Crippen MR) is 116 cm³/mol. The maximum absolute atomic E-state index is 12.5. The molecule has 0 radical (unpaired) electrons. The van der Waals surface area contributed by atoms with E-state index in [1.807, 2.05) is 0 Å². The summed E-state index contributed by atoms with van der Waals surface area (Å²) >= 11 is 11.5. The molecule has 0 bridgehead atoms. The number of hydrogen-bond donors (Lipinski definition) is 3. The van der Waals surface area contributed by atoms with Crippen LogP contribution < -0.4 is 20.1 Å². The Labute approximate surface area is 182 Å². The van der Waals surface area contributed by atoms with Crippen molar-refractivity contribution in [2.75, 3.05) is 18.5 Å². The molecular weight excluding hydrogens is 428 g/mol. The molecule has 2 heterocycles. The lowest BCUT2D eigenvalue weighted by atomic mass is 10.1. The minimum atomic E-state index is -0.378. The normalized spacial score (nSPS) is 12.3. The van der Waals surface area contributed by atoms with Gasteiger partial charge in [0.25, 0.3) is 5.91 Å². The molecule has 0 aliphatic carbocycles. The Morgan fingerprint density at radius 2 is 1.87 bits per heavy atom. The second-order valence-corrected chi connectivity index (χ2v) is 7.20. The molecule has 3 aromatic rings. The zero-order valence-electron chi connectivity index (χ0n) is 15.6. The fraction of sp³-hybridized carbons (Fsp3) is 0.143. The van der Waals surface area contributed by atoms with E-state index < -0.39 is 0 Å². The maximum Gasteiger partial charge on any atom is 0.257 e. The quantitative estimate of drug-likeness (QED) is 0.524. The van der Waals surface area contributed by atoms with E-state index in [2.05, 4.69) is 10.6 Å². The van der Waals surface area contributed by atoms with Crippen molar-refractivity contribution in [1.29, 1.82) is 0 Å². The third-order valence-electron chi connectivity index (χ3n) is 4.34. The second-order valence-electron chi connectivity index (χ2n) is 6.39. The topological polar surface area (TPSA) is 93.0 Å². The monoisotopic (exact) mass is 444 g/mol. The minimum absolute atomic E-state index is 0.124.